The Morgan fingerprint density at radius 2 is 1.92 bits per heavy atom. The molecule has 0 saturated heterocycles. The summed E-state index contributed by atoms with van der Waals surface area (Å²) in [4.78, 5) is 12.0. The van der Waals surface area contributed by atoms with E-state index in [0.29, 0.717) is 0 Å². The maximum absolute atomic E-state index is 13.7. The van der Waals surface area contributed by atoms with E-state index in [2.05, 4.69) is 5.32 Å². The molecule has 2 aromatic carbocycles. The minimum absolute atomic E-state index is 0.153. The van der Waals surface area contributed by atoms with Gasteiger partial charge in [-0.1, -0.05) is 18.2 Å². The smallest absolute Gasteiger partial charge is 0.223 e. The second kappa shape index (κ2) is 7.90. The molecule has 1 atom stereocenters. The molecule has 0 aliphatic heterocycles. The Bertz CT molecular complexity index is 731. The molecule has 0 aliphatic carbocycles. The first-order valence-electron chi connectivity index (χ1n) is 7.81. The fourth-order valence-corrected chi connectivity index (χ4v) is 2.36. The van der Waals surface area contributed by atoms with E-state index in [1.54, 1.807) is 6.92 Å². The summed E-state index contributed by atoms with van der Waals surface area (Å²) in [6, 6.07) is 8.65. The van der Waals surface area contributed by atoms with Crippen molar-refractivity contribution in [1.82, 2.24) is 5.32 Å². The van der Waals surface area contributed by atoms with Crippen LogP contribution in [0.1, 0.15) is 36.1 Å². The van der Waals surface area contributed by atoms with Crippen molar-refractivity contribution in [2.45, 2.75) is 33.2 Å². The second-order valence-electron chi connectivity index (χ2n) is 5.82. The summed E-state index contributed by atoms with van der Waals surface area (Å²) in [5.41, 5.74) is 2.34. The van der Waals surface area contributed by atoms with Gasteiger partial charge in [-0.3, -0.25) is 4.79 Å². The van der Waals surface area contributed by atoms with Gasteiger partial charge in [0, 0.05) is 11.6 Å². The Kier molecular flexibility index (Phi) is 5.90. The first-order chi connectivity index (χ1) is 11.4. The van der Waals surface area contributed by atoms with Crippen LogP contribution in [0.5, 0.6) is 5.75 Å². The lowest BCUT2D eigenvalue weighted by molar-refractivity contribution is -0.122. The third-order valence-corrected chi connectivity index (χ3v) is 3.74. The first-order valence-corrected chi connectivity index (χ1v) is 7.81. The lowest BCUT2D eigenvalue weighted by Crippen LogP contribution is -2.28. The molecular formula is C19H21F2NO2. The lowest BCUT2D eigenvalue weighted by atomic mass is 10.1. The van der Waals surface area contributed by atoms with E-state index in [9.17, 15) is 13.6 Å². The zero-order valence-corrected chi connectivity index (χ0v) is 14.0. The van der Waals surface area contributed by atoms with Crippen molar-refractivity contribution in [3.05, 3.63) is 64.7 Å². The Morgan fingerprint density at radius 1 is 1.17 bits per heavy atom. The fourth-order valence-electron chi connectivity index (χ4n) is 2.36. The summed E-state index contributed by atoms with van der Waals surface area (Å²) >= 11 is 0. The summed E-state index contributed by atoms with van der Waals surface area (Å²) < 4.78 is 32.2. The highest BCUT2D eigenvalue weighted by Gasteiger charge is 2.14. The van der Waals surface area contributed by atoms with Crippen LogP contribution in [-0.4, -0.2) is 12.5 Å². The summed E-state index contributed by atoms with van der Waals surface area (Å²) in [6.07, 6.45) is 0.153. The van der Waals surface area contributed by atoms with Gasteiger partial charge in [-0.15, -0.1) is 0 Å². The molecule has 0 radical (unpaired) electrons. The zero-order chi connectivity index (χ0) is 17.7. The van der Waals surface area contributed by atoms with Gasteiger partial charge in [-0.05, 0) is 44.0 Å². The summed E-state index contributed by atoms with van der Waals surface area (Å²) in [6.45, 7) is 5.79. The zero-order valence-electron chi connectivity index (χ0n) is 14.0. The molecule has 1 amide bonds. The van der Waals surface area contributed by atoms with Gasteiger partial charge in [0.1, 0.15) is 17.4 Å². The normalized spacial score (nSPS) is 11.9. The number of hydrogen-bond acceptors (Lipinski definition) is 2. The molecular weight excluding hydrogens is 312 g/mol. The van der Waals surface area contributed by atoms with Crippen molar-refractivity contribution in [1.29, 1.82) is 0 Å². The second-order valence-corrected chi connectivity index (χ2v) is 5.82. The van der Waals surface area contributed by atoms with Crippen molar-refractivity contribution in [3.63, 3.8) is 0 Å². The maximum Gasteiger partial charge on any atom is 0.223 e. The third-order valence-electron chi connectivity index (χ3n) is 3.74. The average Bonchev–Trinajstić information content (AvgIpc) is 2.50. The van der Waals surface area contributed by atoms with Crippen LogP contribution in [0.4, 0.5) is 8.78 Å². The van der Waals surface area contributed by atoms with E-state index < -0.39 is 17.7 Å². The molecule has 2 rings (SSSR count). The number of aryl methyl sites for hydroxylation is 2. The largest absolute Gasteiger partial charge is 0.493 e. The molecule has 0 heterocycles. The summed E-state index contributed by atoms with van der Waals surface area (Å²) in [5, 5.41) is 2.69. The molecule has 1 N–H and O–H groups in total. The van der Waals surface area contributed by atoms with Gasteiger partial charge in [0.2, 0.25) is 5.91 Å². The standard InChI is InChI=1S/C19H21F2NO2/c1-12-4-5-13(2)18(10-12)24-9-8-19(23)22-14(3)16-7-6-15(20)11-17(16)21/h4-7,10-11,14H,8-9H2,1-3H3,(H,22,23). The molecule has 3 nitrogen and oxygen atoms in total. The molecule has 1 unspecified atom stereocenters. The van der Waals surface area contributed by atoms with Crippen molar-refractivity contribution >= 4 is 5.91 Å². The molecule has 0 bridgehead atoms. The van der Waals surface area contributed by atoms with E-state index in [-0.39, 0.29) is 24.5 Å². The topological polar surface area (TPSA) is 38.3 Å². The van der Waals surface area contributed by atoms with Crippen LogP contribution in [0.25, 0.3) is 0 Å². The van der Waals surface area contributed by atoms with Gasteiger partial charge in [0.05, 0.1) is 19.1 Å². The third kappa shape index (κ3) is 4.78. The Hall–Kier alpha value is -2.43. The lowest BCUT2D eigenvalue weighted by Gasteiger charge is -2.15. The van der Waals surface area contributed by atoms with Crippen molar-refractivity contribution in [3.8, 4) is 5.75 Å². The summed E-state index contributed by atoms with van der Waals surface area (Å²) in [5.74, 6) is -0.817. The van der Waals surface area contributed by atoms with Crippen LogP contribution in [0, 0.1) is 25.5 Å². The van der Waals surface area contributed by atoms with Crippen molar-refractivity contribution < 1.29 is 18.3 Å². The average molecular weight is 333 g/mol. The molecule has 0 aliphatic rings. The number of halogens is 2. The van der Waals surface area contributed by atoms with Crippen LogP contribution in [0.3, 0.4) is 0 Å². The number of benzene rings is 2. The van der Waals surface area contributed by atoms with Gasteiger partial charge < -0.3 is 10.1 Å². The predicted octanol–water partition coefficient (Wildman–Crippen LogP) is 4.23. The molecule has 0 aromatic heterocycles. The van der Waals surface area contributed by atoms with E-state index in [1.807, 2.05) is 32.0 Å². The van der Waals surface area contributed by atoms with E-state index in [4.69, 9.17) is 4.74 Å². The number of carbonyl (C=O) groups excluding carboxylic acids is 1. The Labute approximate surface area is 140 Å². The van der Waals surface area contributed by atoms with Crippen LogP contribution >= 0.6 is 0 Å². The van der Waals surface area contributed by atoms with Gasteiger partial charge in [-0.25, -0.2) is 8.78 Å². The van der Waals surface area contributed by atoms with Gasteiger partial charge >= 0.3 is 0 Å². The summed E-state index contributed by atoms with van der Waals surface area (Å²) in [7, 11) is 0. The molecule has 0 spiro atoms. The molecule has 0 fully saturated rings. The highest BCUT2D eigenvalue weighted by Crippen LogP contribution is 2.20. The van der Waals surface area contributed by atoms with Crippen molar-refractivity contribution in [2.75, 3.05) is 6.61 Å². The number of hydrogen-bond donors (Lipinski definition) is 1. The molecule has 24 heavy (non-hydrogen) atoms. The number of rotatable bonds is 6. The number of carbonyl (C=O) groups is 1. The number of ether oxygens (including phenoxy) is 1. The van der Waals surface area contributed by atoms with Crippen LogP contribution in [-0.2, 0) is 4.79 Å². The predicted molar refractivity (Wildman–Crippen MR) is 88.9 cm³/mol. The van der Waals surface area contributed by atoms with Gasteiger partial charge in [0.25, 0.3) is 0 Å². The quantitative estimate of drug-likeness (QED) is 0.859. The highest BCUT2D eigenvalue weighted by molar-refractivity contribution is 5.76. The Balaban J connectivity index is 1.85. The Morgan fingerprint density at radius 3 is 2.62 bits per heavy atom. The van der Waals surface area contributed by atoms with Gasteiger partial charge in [-0.2, -0.15) is 0 Å². The molecule has 128 valence electrons. The SMILES string of the molecule is Cc1ccc(C)c(OCCC(=O)NC(C)c2ccc(F)cc2F)c1. The first kappa shape index (κ1) is 17.9. The maximum atomic E-state index is 13.7. The van der Waals surface area contributed by atoms with Crippen molar-refractivity contribution in [2.24, 2.45) is 0 Å². The number of amides is 1. The molecule has 2 aromatic rings. The number of nitrogens with one attached hydrogen (secondary N) is 1. The monoisotopic (exact) mass is 333 g/mol. The van der Waals surface area contributed by atoms with Gasteiger partial charge in [0.15, 0.2) is 0 Å². The molecule has 0 saturated carbocycles. The molecule has 5 heteroatoms. The fraction of sp³-hybridized carbons (Fsp3) is 0.316. The van der Waals surface area contributed by atoms with E-state index >= 15 is 0 Å². The van der Waals surface area contributed by atoms with E-state index in [0.717, 1.165) is 22.9 Å². The van der Waals surface area contributed by atoms with Crippen LogP contribution in [0.15, 0.2) is 36.4 Å². The van der Waals surface area contributed by atoms with Crippen LogP contribution < -0.4 is 10.1 Å². The van der Waals surface area contributed by atoms with E-state index in [1.165, 1.54) is 12.1 Å². The minimum Gasteiger partial charge on any atom is -0.493 e. The minimum atomic E-state index is -0.672. The highest BCUT2D eigenvalue weighted by atomic mass is 19.1. The van der Waals surface area contributed by atoms with Crippen LogP contribution in [0.2, 0.25) is 0 Å².